The number of pyridine rings is 1. The van der Waals surface area contributed by atoms with Gasteiger partial charge in [0.2, 0.25) is 6.10 Å². The van der Waals surface area contributed by atoms with Crippen LogP contribution in [-0.4, -0.2) is 34.5 Å². The number of carbonyl (C=O) groups is 1. The fourth-order valence-corrected chi connectivity index (χ4v) is 2.78. The van der Waals surface area contributed by atoms with Crippen LogP contribution in [0.4, 0.5) is 0 Å². The number of fused-ring (bicyclic) bond motifs is 1. The van der Waals surface area contributed by atoms with Gasteiger partial charge >= 0.3 is 0 Å². The molecule has 1 saturated carbocycles. The van der Waals surface area contributed by atoms with Crippen molar-refractivity contribution in [3.63, 3.8) is 0 Å². The second-order valence-corrected chi connectivity index (χ2v) is 5.92. The summed E-state index contributed by atoms with van der Waals surface area (Å²) in [6, 6.07) is 11.7. The van der Waals surface area contributed by atoms with Crippen molar-refractivity contribution >= 4 is 5.91 Å². The van der Waals surface area contributed by atoms with E-state index in [1.807, 2.05) is 41.3 Å². The molecular formula is C18H18N2O3. The molecule has 1 aliphatic heterocycles. The molecule has 4 rings (SSSR count). The summed E-state index contributed by atoms with van der Waals surface area (Å²) < 4.78 is 11.5. The maximum absolute atomic E-state index is 12.9. The van der Waals surface area contributed by atoms with E-state index >= 15 is 0 Å². The van der Waals surface area contributed by atoms with E-state index in [2.05, 4.69) is 4.98 Å². The van der Waals surface area contributed by atoms with Gasteiger partial charge in [-0.05, 0) is 42.7 Å². The van der Waals surface area contributed by atoms with Crippen LogP contribution in [0.3, 0.4) is 0 Å². The van der Waals surface area contributed by atoms with Crippen molar-refractivity contribution < 1.29 is 14.3 Å². The second-order valence-electron chi connectivity index (χ2n) is 5.92. The molecule has 2 heterocycles. The first-order chi connectivity index (χ1) is 11.3. The predicted octanol–water partition coefficient (Wildman–Crippen LogP) is 2.41. The van der Waals surface area contributed by atoms with E-state index in [0.29, 0.717) is 24.1 Å². The van der Waals surface area contributed by atoms with Crippen molar-refractivity contribution in [2.45, 2.75) is 31.5 Å². The van der Waals surface area contributed by atoms with Crippen molar-refractivity contribution in [1.82, 2.24) is 9.88 Å². The Balaban J connectivity index is 1.50. The Bertz CT molecular complexity index is 700. The van der Waals surface area contributed by atoms with Gasteiger partial charge in [-0.3, -0.25) is 9.78 Å². The third-order valence-corrected chi connectivity index (χ3v) is 4.16. The van der Waals surface area contributed by atoms with Crippen LogP contribution in [0.1, 0.15) is 18.4 Å². The topological polar surface area (TPSA) is 51.7 Å². The highest BCUT2D eigenvalue weighted by Crippen LogP contribution is 2.33. The van der Waals surface area contributed by atoms with Gasteiger partial charge in [0.15, 0.2) is 11.5 Å². The molecule has 5 heteroatoms. The molecule has 118 valence electrons. The fourth-order valence-electron chi connectivity index (χ4n) is 2.78. The number of aromatic nitrogens is 1. The molecule has 0 N–H and O–H groups in total. The lowest BCUT2D eigenvalue weighted by atomic mass is 10.2. The quantitative estimate of drug-likeness (QED) is 0.870. The van der Waals surface area contributed by atoms with Gasteiger partial charge in [0, 0.05) is 25.0 Å². The highest BCUT2D eigenvalue weighted by molar-refractivity contribution is 5.82. The SMILES string of the molecule is O=C(C1COc2ccccc2O1)N(Cc1ccncc1)C1CC1. The molecular weight excluding hydrogens is 292 g/mol. The van der Waals surface area contributed by atoms with Crippen molar-refractivity contribution in [3.8, 4) is 11.5 Å². The van der Waals surface area contributed by atoms with Crippen LogP contribution in [0.5, 0.6) is 11.5 Å². The number of nitrogens with zero attached hydrogens (tertiary/aromatic N) is 2. The molecule has 1 aliphatic carbocycles. The van der Waals surface area contributed by atoms with E-state index < -0.39 is 6.10 Å². The largest absolute Gasteiger partial charge is 0.485 e. The molecule has 2 aromatic rings. The van der Waals surface area contributed by atoms with Crippen LogP contribution < -0.4 is 9.47 Å². The minimum atomic E-state index is -0.577. The predicted molar refractivity (Wildman–Crippen MR) is 84.2 cm³/mol. The fraction of sp³-hybridized carbons (Fsp3) is 0.333. The average molecular weight is 310 g/mol. The molecule has 1 aromatic carbocycles. The molecule has 0 saturated heterocycles. The molecule has 1 fully saturated rings. The lowest BCUT2D eigenvalue weighted by molar-refractivity contribution is -0.142. The maximum Gasteiger partial charge on any atom is 0.267 e. The molecule has 0 bridgehead atoms. The lowest BCUT2D eigenvalue weighted by Gasteiger charge is -2.31. The van der Waals surface area contributed by atoms with E-state index in [0.717, 1.165) is 18.4 Å². The molecule has 0 radical (unpaired) electrons. The summed E-state index contributed by atoms with van der Waals surface area (Å²) >= 11 is 0. The Morgan fingerprint density at radius 1 is 1.13 bits per heavy atom. The van der Waals surface area contributed by atoms with Gasteiger partial charge in [-0.25, -0.2) is 0 Å². The second kappa shape index (κ2) is 5.91. The minimum absolute atomic E-state index is 0.00110. The average Bonchev–Trinajstić information content (AvgIpc) is 3.44. The van der Waals surface area contributed by atoms with Crippen molar-refractivity contribution in [2.75, 3.05) is 6.61 Å². The number of amides is 1. The molecule has 1 atom stereocenters. The van der Waals surface area contributed by atoms with Crippen LogP contribution in [0.15, 0.2) is 48.8 Å². The van der Waals surface area contributed by atoms with Crippen LogP contribution in [-0.2, 0) is 11.3 Å². The normalized spacial score (nSPS) is 19.2. The van der Waals surface area contributed by atoms with Crippen LogP contribution >= 0.6 is 0 Å². The number of ether oxygens (including phenoxy) is 2. The van der Waals surface area contributed by atoms with E-state index in [4.69, 9.17) is 9.47 Å². The van der Waals surface area contributed by atoms with Gasteiger partial charge in [0.1, 0.15) is 6.61 Å². The summed E-state index contributed by atoms with van der Waals surface area (Å²) in [7, 11) is 0. The van der Waals surface area contributed by atoms with Crippen LogP contribution in [0, 0.1) is 0 Å². The van der Waals surface area contributed by atoms with Gasteiger partial charge in [0.25, 0.3) is 5.91 Å². The Morgan fingerprint density at radius 3 is 2.61 bits per heavy atom. The molecule has 0 spiro atoms. The minimum Gasteiger partial charge on any atom is -0.485 e. The third-order valence-electron chi connectivity index (χ3n) is 4.16. The molecule has 23 heavy (non-hydrogen) atoms. The van der Waals surface area contributed by atoms with Gasteiger partial charge in [0.05, 0.1) is 0 Å². The van der Waals surface area contributed by atoms with Crippen molar-refractivity contribution in [1.29, 1.82) is 0 Å². The highest BCUT2D eigenvalue weighted by atomic mass is 16.6. The first kappa shape index (κ1) is 14.1. The Morgan fingerprint density at radius 2 is 1.87 bits per heavy atom. The van der Waals surface area contributed by atoms with Gasteiger partial charge in [-0.2, -0.15) is 0 Å². The zero-order valence-electron chi connectivity index (χ0n) is 12.7. The zero-order chi connectivity index (χ0) is 15.6. The third kappa shape index (κ3) is 2.99. The van der Waals surface area contributed by atoms with Crippen LogP contribution in [0.2, 0.25) is 0 Å². The monoisotopic (exact) mass is 310 g/mol. The van der Waals surface area contributed by atoms with E-state index in [-0.39, 0.29) is 12.5 Å². The van der Waals surface area contributed by atoms with Crippen LogP contribution in [0.25, 0.3) is 0 Å². The van der Waals surface area contributed by atoms with E-state index in [1.54, 1.807) is 12.4 Å². The number of para-hydroxylation sites is 2. The van der Waals surface area contributed by atoms with Gasteiger partial charge < -0.3 is 14.4 Å². The number of hydrogen-bond donors (Lipinski definition) is 0. The Labute approximate surface area is 134 Å². The molecule has 2 aliphatic rings. The summed E-state index contributed by atoms with van der Waals surface area (Å²) in [6.07, 6.45) is 5.04. The summed E-state index contributed by atoms with van der Waals surface area (Å²) in [4.78, 5) is 18.8. The van der Waals surface area contributed by atoms with Crippen molar-refractivity contribution in [3.05, 3.63) is 54.4 Å². The zero-order valence-corrected chi connectivity index (χ0v) is 12.7. The van der Waals surface area contributed by atoms with E-state index in [1.165, 1.54) is 0 Å². The number of carbonyl (C=O) groups excluding carboxylic acids is 1. The summed E-state index contributed by atoms with van der Waals surface area (Å²) in [5, 5.41) is 0. The number of rotatable bonds is 4. The number of benzene rings is 1. The van der Waals surface area contributed by atoms with Gasteiger partial charge in [-0.15, -0.1) is 0 Å². The molecule has 5 nitrogen and oxygen atoms in total. The standard InChI is InChI=1S/C18H18N2O3/c21-18(17-12-22-15-3-1-2-4-16(15)23-17)20(14-5-6-14)11-13-7-9-19-10-8-13/h1-4,7-10,14,17H,5-6,11-12H2. The maximum atomic E-state index is 12.9. The molecule has 1 aromatic heterocycles. The Kier molecular flexibility index (Phi) is 3.61. The first-order valence-corrected chi connectivity index (χ1v) is 7.89. The van der Waals surface area contributed by atoms with E-state index in [9.17, 15) is 4.79 Å². The van der Waals surface area contributed by atoms with Gasteiger partial charge in [-0.1, -0.05) is 12.1 Å². The summed E-state index contributed by atoms with van der Waals surface area (Å²) in [5.74, 6) is 1.33. The smallest absolute Gasteiger partial charge is 0.267 e. The highest BCUT2D eigenvalue weighted by Gasteiger charge is 2.38. The first-order valence-electron chi connectivity index (χ1n) is 7.89. The molecule has 1 unspecified atom stereocenters. The summed E-state index contributed by atoms with van der Waals surface area (Å²) in [5.41, 5.74) is 1.08. The molecule has 1 amide bonds. The van der Waals surface area contributed by atoms with Crippen molar-refractivity contribution in [2.24, 2.45) is 0 Å². The lowest BCUT2D eigenvalue weighted by Crippen LogP contribution is -2.47. The number of hydrogen-bond acceptors (Lipinski definition) is 4. The Hall–Kier alpha value is -2.56. The summed E-state index contributed by atoms with van der Waals surface area (Å²) in [6.45, 7) is 0.850.